The number of halogens is 1. The van der Waals surface area contributed by atoms with Crippen LogP contribution in [0, 0.1) is 5.82 Å². The van der Waals surface area contributed by atoms with Gasteiger partial charge in [0.15, 0.2) is 6.10 Å². The molecule has 0 heterocycles. The van der Waals surface area contributed by atoms with Gasteiger partial charge in [-0.05, 0) is 32.0 Å². The van der Waals surface area contributed by atoms with Crippen molar-refractivity contribution in [3.63, 3.8) is 0 Å². The van der Waals surface area contributed by atoms with Crippen molar-refractivity contribution in [1.29, 1.82) is 0 Å². The van der Waals surface area contributed by atoms with Crippen molar-refractivity contribution < 1.29 is 28.1 Å². The Morgan fingerprint density at radius 2 is 1.92 bits per heavy atom. The van der Waals surface area contributed by atoms with Crippen molar-refractivity contribution in [2.45, 2.75) is 45.6 Å². The lowest BCUT2D eigenvalue weighted by atomic mass is 10.1. The molecule has 0 N–H and O–H groups in total. The Morgan fingerprint density at radius 3 is 2.48 bits per heavy atom. The molecule has 1 unspecified atom stereocenters. The number of benzene rings is 1. The quantitative estimate of drug-likeness (QED) is 0.253. The van der Waals surface area contributed by atoms with Crippen LogP contribution in [0.15, 0.2) is 18.2 Å². The number of rotatable bonds is 11. The molecule has 0 aliphatic carbocycles. The van der Waals surface area contributed by atoms with Crippen LogP contribution in [0.4, 0.5) is 4.39 Å². The minimum Gasteiger partial charge on any atom is -0.494 e. The first-order valence-corrected chi connectivity index (χ1v) is 12.3. The van der Waals surface area contributed by atoms with Crippen molar-refractivity contribution in [1.82, 2.24) is 0 Å². The SMILES string of the molecule is CCOC(=O)C(OCOCC[Si](C)(C)C)c1ccc(OCC)cc1F. The maximum atomic E-state index is 14.4. The molecule has 0 bridgehead atoms. The van der Waals surface area contributed by atoms with E-state index in [0.29, 0.717) is 19.0 Å². The first kappa shape index (κ1) is 21.6. The fourth-order valence-corrected chi connectivity index (χ4v) is 2.79. The lowest BCUT2D eigenvalue weighted by Gasteiger charge is -2.19. The van der Waals surface area contributed by atoms with Gasteiger partial charge in [-0.25, -0.2) is 9.18 Å². The van der Waals surface area contributed by atoms with Gasteiger partial charge in [0.2, 0.25) is 0 Å². The molecule has 0 saturated carbocycles. The Hall–Kier alpha value is -1.44. The molecule has 1 rings (SSSR count). The second-order valence-electron chi connectivity index (χ2n) is 6.75. The summed E-state index contributed by atoms with van der Waals surface area (Å²) < 4.78 is 35.5. The molecule has 0 radical (unpaired) electrons. The molecule has 0 aliphatic rings. The number of carbonyl (C=O) groups excluding carboxylic acids is 1. The Balaban J connectivity index is 2.75. The molecule has 0 fully saturated rings. The topological polar surface area (TPSA) is 54.0 Å². The zero-order valence-electron chi connectivity index (χ0n) is 15.8. The molecule has 0 spiro atoms. The van der Waals surface area contributed by atoms with Crippen molar-refractivity contribution in [3.8, 4) is 5.75 Å². The third-order valence-electron chi connectivity index (χ3n) is 3.38. The molecule has 0 amide bonds. The van der Waals surface area contributed by atoms with E-state index in [1.807, 2.05) is 6.92 Å². The second-order valence-corrected chi connectivity index (χ2v) is 12.4. The predicted octanol–water partition coefficient (Wildman–Crippen LogP) is 4.16. The van der Waals surface area contributed by atoms with Crippen LogP contribution in [-0.2, 0) is 19.0 Å². The van der Waals surface area contributed by atoms with E-state index in [1.54, 1.807) is 13.0 Å². The van der Waals surface area contributed by atoms with Gasteiger partial charge in [0, 0.05) is 26.3 Å². The summed E-state index contributed by atoms with van der Waals surface area (Å²) in [6.07, 6.45) is -1.16. The fraction of sp³-hybridized carbons (Fsp3) is 0.611. The maximum absolute atomic E-state index is 14.4. The van der Waals surface area contributed by atoms with E-state index in [1.165, 1.54) is 12.1 Å². The van der Waals surface area contributed by atoms with Crippen LogP contribution < -0.4 is 4.74 Å². The third-order valence-corrected chi connectivity index (χ3v) is 5.08. The van der Waals surface area contributed by atoms with Crippen LogP contribution in [0.1, 0.15) is 25.5 Å². The Morgan fingerprint density at radius 1 is 1.20 bits per heavy atom. The molecule has 1 aromatic rings. The minimum absolute atomic E-state index is 0.0966. The van der Waals surface area contributed by atoms with Gasteiger partial charge in [-0.2, -0.15) is 0 Å². The summed E-state index contributed by atoms with van der Waals surface area (Å²) in [5, 5.41) is 0. The first-order chi connectivity index (χ1) is 11.8. The number of ether oxygens (including phenoxy) is 4. The largest absolute Gasteiger partial charge is 0.494 e. The summed E-state index contributed by atoms with van der Waals surface area (Å²) in [7, 11) is -1.20. The fourth-order valence-electron chi connectivity index (χ4n) is 2.03. The van der Waals surface area contributed by atoms with Gasteiger partial charge in [0.1, 0.15) is 18.4 Å². The molecule has 1 atom stereocenters. The summed E-state index contributed by atoms with van der Waals surface area (Å²) >= 11 is 0. The summed E-state index contributed by atoms with van der Waals surface area (Å²) in [6.45, 7) is 11.3. The van der Waals surface area contributed by atoms with Gasteiger partial charge >= 0.3 is 5.97 Å². The van der Waals surface area contributed by atoms with E-state index in [0.717, 1.165) is 6.04 Å². The average Bonchev–Trinajstić information content (AvgIpc) is 2.51. The van der Waals surface area contributed by atoms with E-state index < -0.39 is 26.0 Å². The molecule has 0 aliphatic heterocycles. The summed E-state index contributed by atoms with van der Waals surface area (Å²) in [5.41, 5.74) is 0.107. The highest BCUT2D eigenvalue weighted by molar-refractivity contribution is 6.76. The van der Waals surface area contributed by atoms with Crippen LogP contribution in [0.3, 0.4) is 0 Å². The van der Waals surface area contributed by atoms with Gasteiger partial charge in [-0.15, -0.1) is 0 Å². The first-order valence-electron chi connectivity index (χ1n) is 8.56. The number of esters is 1. The third kappa shape index (κ3) is 7.98. The highest BCUT2D eigenvalue weighted by atomic mass is 28.3. The highest BCUT2D eigenvalue weighted by Crippen LogP contribution is 2.26. The highest BCUT2D eigenvalue weighted by Gasteiger charge is 2.26. The van der Waals surface area contributed by atoms with E-state index in [9.17, 15) is 9.18 Å². The lowest BCUT2D eigenvalue weighted by Crippen LogP contribution is -2.24. The Kier molecular flexibility index (Phi) is 9.09. The molecular formula is C18H29FO5Si. The molecule has 25 heavy (non-hydrogen) atoms. The van der Waals surface area contributed by atoms with Gasteiger partial charge in [0.05, 0.1) is 13.2 Å². The van der Waals surface area contributed by atoms with Gasteiger partial charge in [-0.1, -0.05) is 19.6 Å². The van der Waals surface area contributed by atoms with Crippen LogP contribution in [-0.4, -0.2) is 40.7 Å². The van der Waals surface area contributed by atoms with Crippen LogP contribution in [0.2, 0.25) is 25.7 Å². The van der Waals surface area contributed by atoms with Crippen LogP contribution >= 0.6 is 0 Å². The lowest BCUT2D eigenvalue weighted by molar-refractivity contribution is -0.167. The zero-order valence-corrected chi connectivity index (χ0v) is 16.8. The molecular weight excluding hydrogens is 343 g/mol. The van der Waals surface area contributed by atoms with Crippen molar-refractivity contribution in [2.75, 3.05) is 26.6 Å². The van der Waals surface area contributed by atoms with Crippen LogP contribution in [0.5, 0.6) is 5.75 Å². The van der Waals surface area contributed by atoms with Crippen molar-refractivity contribution in [2.24, 2.45) is 0 Å². The Labute approximate surface area is 150 Å². The standard InChI is InChI=1S/C18H29FO5Si/c1-6-22-14-8-9-15(16(19)12-14)17(18(20)23-7-2)24-13-21-10-11-25(3,4)5/h8-9,12,17H,6-7,10-11,13H2,1-5H3. The zero-order chi connectivity index (χ0) is 18.9. The molecule has 7 heteroatoms. The van der Waals surface area contributed by atoms with Gasteiger partial charge in [0.25, 0.3) is 0 Å². The second kappa shape index (κ2) is 10.5. The minimum atomic E-state index is -1.20. The van der Waals surface area contributed by atoms with Crippen LogP contribution in [0.25, 0.3) is 0 Å². The van der Waals surface area contributed by atoms with Gasteiger partial charge in [-0.3, -0.25) is 0 Å². The van der Waals surface area contributed by atoms with E-state index in [-0.39, 0.29) is 19.0 Å². The Bertz CT molecular complexity index is 545. The molecule has 0 aromatic heterocycles. The monoisotopic (exact) mass is 372 g/mol. The molecule has 0 saturated heterocycles. The van der Waals surface area contributed by atoms with E-state index in [4.69, 9.17) is 18.9 Å². The molecule has 1 aromatic carbocycles. The van der Waals surface area contributed by atoms with Crippen molar-refractivity contribution >= 4 is 14.0 Å². The van der Waals surface area contributed by atoms with E-state index >= 15 is 0 Å². The van der Waals surface area contributed by atoms with Gasteiger partial charge < -0.3 is 18.9 Å². The number of hydrogen-bond donors (Lipinski definition) is 0. The predicted molar refractivity (Wildman–Crippen MR) is 97.0 cm³/mol. The summed E-state index contributed by atoms with van der Waals surface area (Å²) in [5.74, 6) is -0.816. The summed E-state index contributed by atoms with van der Waals surface area (Å²) in [6, 6.07) is 5.30. The van der Waals surface area contributed by atoms with Crippen molar-refractivity contribution in [3.05, 3.63) is 29.6 Å². The molecule has 5 nitrogen and oxygen atoms in total. The molecule has 142 valence electrons. The average molecular weight is 373 g/mol. The van der Waals surface area contributed by atoms with E-state index in [2.05, 4.69) is 19.6 Å². The summed E-state index contributed by atoms with van der Waals surface area (Å²) in [4.78, 5) is 12.1. The number of hydrogen-bond acceptors (Lipinski definition) is 5. The normalized spacial score (nSPS) is 12.7. The maximum Gasteiger partial charge on any atom is 0.340 e. The smallest absolute Gasteiger partial charge is 0.340 e. The number of carbonyl (C=O) groups is 1.